The summed E-state index contributed by atoms with van der Waals surface area (Å²) in [7, 11) is 1.37. The largest absolute Gasteiger partial charge is 0.468 e. The van der Waals surface area contributed by atoms with Gasteiger partial charge in [-0.25, -0.2) is 0 Å². The van der Waals surface area contributed by atoms with Crippen LogP contribution in [-0.4, -0.2) is 13.1 Å². The Bertz CT molecular complexity index is 710. The molecule has 0 aliphatic heterocycles. The van der Waals surface area contributed by atoms with Gasteiger partial charge >= 0.3 is 5.97 Å². The van der Waals surface area contributed by atoms with Gasteiger partial charge in [-0.05, 0) is 38.2 Å². The summed E-state index contributed by atoms with van der Waals surface area (Å²) in [6.45, 7) is 5.98. The van der Waals surface area contributed by atoms with E-state index in [1.165, 1.54) is 7.11 Å². The highest BCUT2D eigenvalue weighted by Crippen LogP contribution is 2.46. The Morgan fingerprint density at radius 2 is 1.96 bits per heavy atom. The zero-order valence-electron chi connectivity index (χ0n) is 13.6. The molecule has 1 aliphatic rings. The maximum atomic E-state index is 12.7. The number of rotatable bonds is 2. The lowest BCUT2D eigenvalue weighted by Gasteiger charge is -2.31. The molecule has 1 atom stereocenters. The van der Waals surface area contributed by atoms with E-state index in [-0.39, 0.29) is 5.97 Å². The van der Waals surface area contributed by atoms with Crippen LogP contribution in [0.15, 0.2) is 36.4 Å². The second-order valence-electron chi connectivity index (χ2n) is 6.35. The maximum absolute atomic E-state index is 12.7. The third kappa shape index (κ3) is 2.98. The normalized spacial score (nSPS) is 23.2. The average Bonchev–Trinajstić information content (AvgIpc) is 2.71. The summed E-state index contributed by atoms with van der Waals surface area (Å²) in [6, 6.07) is 12.0. The molecule has 0 radical (unpaired) electrons. The Labute approximate surface area is 137 Å². The first-order valence-electron chi connectivity index (χ1n) is 7.56. The van der Waals surface area contributed by atoms with Crippen LogP contribution >= 0.6 is 0 Å². The van der Waals surface area contributed by atoms with Crippen molar-refractivity contribution in [1.29, 1.82) is 10.5 Å². The Morgan fingerprint density at radius 3 is 2.52 bits per heavy atom. The lowest BCUT2D eigenvalue weighted by Crippen LogP contribution is -2.37. The van der Waals surface area contributed by atoms with E-state index < -0.39 is 10.8 Å². The van der Waals surface area contributed by atoms with Gasteiger partial charge in [-0.15, -0.1) is 0 Å². The van der Waals surface area contributed by atoms with Crippen molar-refractivity contribution in [1.82, 2.24) is 0 Å². The van der Waals surface area contributed by atoms with Crippen LogP contribution < -0.4 is 0 Å². The molecule has 1 aromatic rings. The molecule has 0 saturated heterocycles. The average molecular weight is 308 g/mol. The minimum atomic E-state index is -1.11. The van der Waals surface area contributed by atoms with Gasteiger partial charge in [0.2, 0.25) is 0 Å². The Kier molecular flexibility index (Phi) is 4.57. The number of esters is 1. The molecule has 0 bridgehead atoms. The van der Waals surface area contributed by atoms with E-state index >= 15 is 0 Å². The third-order valence-corrected chi connectivity index (χ3v) is 4.66. The number of aryl methyl sites for hydroxylation is 1. The van der Waals surface area contributed by atoms with E-state index in [0.717, 1.165) is 16.7 Å². The molecule has 118 valence electrons. The first-order chi connectivity index (χ1) is 10.9. The Balaban J connectivity index is 2.57. The third-order valence-electron chi connectivity index (χ3n) is 4.66. The minimum absolute atomic E-state index is 0.296. The topological polar surface area (TPSA) is 73.9 Å². The first-order valence-corrected chi connectivity index (χ1v) is 7.56. The highest BCUT2D eigenvalue weighted by Gasteiger charge is 2.47. The number of hydrogen-bond acceptors (Lipinski definition) is 4. The summed E-state index contributed by atoms with van der Waals surface area (Å²) in [5.41, 5.74) is 0.645. The van der Waals surface area contributed by atoms with Gasteiger partial charge in [-0.3, -0.25) is 4.79 Å². The number of ether oxygens (including phenoxy) is 1. The molecular formula is C19H20N2O2. The summed E-state index contributed by atoms with van der Waals surface area (Å²) in [6.07, 6.45) is 1.41. The van der Waals surface area contributed by atoms with Crippen LogP contribution in [-0.2, 0) is 14.9 Å². The summed E-state index contributed by atoms with van der Waals surface area (Å²) >= 11 is 0. The van der Waals surface area contributed by atoms with Gasteiger partial charge in [-0.2, -0.15) is 10.5 Å². The van der Waals surface area contributed by atoms with Crippen LogP contribution in [0, 0.1) is 35.0 Å². The fourth-order valence-corrected chi connectivity index (χ4v) is 3.41. The molecule has 1 aromatic carbocycles. The fourth-order valence-electron chi connectivity index (χ4n) is 3.41. The number of carbonyl (C=O) groups excluding carboxylic acids is 1. The number of hydrogen-bond donors (Lipinski definition) is 0. The van der Waals surface area contributed by atoms with Gasteiger partial charge in [0.25, 0.3) is 0 Å². The quantitative estimate of drug-likeness (QED) is 0.475. The van der Waals surface area contributed by atoms with Crippen molar-refractivity contribution in [3.63, 3.8) is 0 Å². The second-order valence-corrected chi connectivity index (χ2v) is 6.35. The van der Waals surface area contributed by atoms with Gasteiger partial charge in [0.05, 0.1) is 24.7 Å². The smallest absolute Gasteiger partial charge is 0.316 e. The summed E-state index contributed by atoms with van der Waals surface area (Å²) in [4.78, 5) is 12.7. The number of carbonyl (C=O) groups is 1. The number of nitrogens with zero attached hydrogens (tertiary/aromatic N) is 2. The summed E-state index contributed by atoms with van der Waals surface area (Å²) < 4.78 is 5.08. The molecule has 1 fully saturated rings. The highest BCUT2D eigenvalue weighted by molar-refractivity contribution is 5.84. The van der Waals surface area contributed by atoms with Crippen molar-refractivity contribution in [2.45, 2.75) is 38.0 Å². The summed E-state index contributed by atoms with van der Waals surface area (Å²) in [5, 5.41) is 18.9. The van der Waals surface area contributed by atoms with E-state index in [0.29, 0.717) is 25.7 Å². The number of methoxy groups -OCH3 is 1. The molecule has 0 aromatic heterocycles. The van der Waals surface area contributed by atoms with E-state index in [1.54, 1.807) is 0 Å². The van der Waals surface area contributed by atoms with Gasteiger partial charge in [-0.1, -0.05) is 42.0 Å². The molecule has 23 heavy (non-hydrogen) atoms. The monoisotopic (exact) mass is 308 g/mol. The first kappa shape index (κ1) is 16.8. The zero-order chi connectivity index (χ0) is 17.1. The molecular weight excluding hydrogens is 288 g/mol. The van der Waals surface area contributed by atoms with Gasteiger partial charge in [0.1, 0.15) is 5.41 Å². The van der Waals surface area contributed by atoms with E-state index in [1.807, 2.05) is 31.2 Å². The molecule has 4 nitrogen and oxygen atoms in total. The lowest BCUT2D eigenvalue weighted by atomic mass is 9.72. The maximum Gasteiger partial charge on any atom is 0.316 e. The van der Waals surface area contributed by atoms with Crippen LogP contribution in [0.25, 0.3) is 0 Å². The number of nitriles is 2. The molecule has 1 aliphatic carbocycles. The predicted molar refractivity (Wildman–Crippen MR) is 86.1 cm³/mol. The van der Waals surface area contributed by atoms with Crippen LogP contribution in [0.2, 0.25) is 0 Å². The van der Waals surface area contributed by atoms with Crippen LogP contribution in [0.1, 0.15) is 36.8 Å². The van der Waals surface area contributed by atoms with E-state index in [2.05, 4.69) is 18.7 Å². The van der Waals surface area contributed by atoms with Crippen molar-refractivity contribution in [2.24, 2.45) is 5.41 Å². The van der Waals surface area contributed by atoms with Crippen molar-refractivity contribution in [3.05, 3.63) is 47.5 Å². The number of allylic oxidation sites excluding steroid dienone is 1. The van der Waals surface area contributed by atoms with Crippen LogP contribution in [0.3, 0.4) is 0 Å². The zero-order valence-corrected chi connectivity index (χ0v) is 13.6. The van der Waals surface area contributed by atoms with Gasteiger partial charge in [0, 0.05) is 0 Å². The fraction of sp³-hybridized carbons (Fsp3) is 0.421. The molecule has 0 heterocycles. The molecule has 0 amide bonds. The summed E-state index contributed by atoms with van der Waals surface area (Å²) in [5.74, 6) is -0.337. The van der Waals surface area contributed by atoms with Crippen LogP contribution in [0.4, 0.5) is 0 Å². The standard InChI is InChI=1S/C19H20N2O2/c1-14-5-4-6-16(9-14)19(17(22)23-3)8-7-18(12-20,13-21)10-15(2)11-19/h4-6,9H,2,7-8,10-11H2,1,3H3. The molecule has 4 heteroatoms. The Hall–Kier alpha value is -2.59. The van der Waals surface area contributed by atoms with Crippen molar-refractivity contribution < 1.29 is 9.53 Å². The van der Waals surface area contributed by atoms with Crippen molar-refractivity contribution in [2.75, 3.05) is 7.11 Å². The molecule has 0 spiro atoms. The lowest BCUT2D eigenvalue weighted by molar-refractivity contribution is -0.148. The molecule has 2 rings (SSSR count). The predicted octanol–water partition coefficient (Wildman–Crippen LogP) is 3.57. The minimum Gasteiger partial charge on any atom is -0.468 e. The molecule has 1 unspecified atom stereocenters. The van der Waals surface area contributed by atoms with Gasteiger partial charge in [0.15, 0.2) is 0 Å². The second kappa shape index (κ2) is 6.26. The highest BCUT2D eigenvalue weighted by atomic mass is 16.5. The van der Waals surface area contributed by atoms with E-state index in [9.17, 15) is 15.3 Å². The van der Waals surface area contributed by atoms with Gasteiger partial charge < -0.3 is 4.74 Å². The number of benzene rings is 1. The van der Waals surface area contributed by atoms with E-state index in [4.69, 9.17) is 4.74 Å². The Morgan fingerprint density at radius 1 is 1.26 bits per heavy atom. The van der Waals surface area contributed by atoms with Crippen LogP contribution in [0.5, 0.6) is 0 Å². The van der Waals surface area contributed by atoms with Crippen molar-refractivity contribution >= 4 is 5.97 Å². The molecule has 0 N–H and O–H groups in total. The SMILES string of the molecule is C=C1CC(C#N)(C#N)CCC(C(=O)OC)(c2cccc(C)c2)C1. The van der Waals surface area contributed by atoms with Crippen molar-refractivity contribution in [3.8, 4) is 12.1 Å². The molecule has 1 saturated carbocycles.